The maximum atomic E-state index is 16.2. The van der Waals surface area contributed by atoms with E-state index < -0.39 is 48.1 Å². The fourth-order valence-electron chi connectivity index (χ4n) is 5.35. The molecule has 2 fully saturated rings. The number of nitrogens with zero attached hydrogens (tertiary/aromatic N) is 5. The van der Waals surface area contributed by atoms with Gasteiger partial charge in [-0.2, -0.15) is 0 Å². The molecule has 2 aliphatic heterocycles. The number of aromatic nitrogens is 3. The van der Waals surface area contributed by atoms with Gasteiger partial charge < -0.3 is 15.0 Å². The molecule has 47 heavy (non-hydrogen) atoms. The van der Waals surface area contributed by atoms with Crippen LogP contribution in [0.15, 0.2) is 53.6 Å². The Morgan fingerprint density at radius 3 is 2.28 bits per heavy atom. The molecular formula is C29H30F3N7O5S3. The summed E-state index contributed by atoms with van der Waals surface area (Å²) in [5, 5.41) is 3.83. The van der Waals surface area contributed by atoms with Crippen LogP contribution in [0.5, 0.6) is 0 Å². The molecule has 2 saturated heterocycles. The average Bonchev–Trinajstić information content (AvgIpc) is 3.48. The minimum Gasteiger partial charge on any atom is -0.378 e. The zero-order valence-corrected chi connectivity index (χ0v) is 27.4. The molecule has 0 atom stereocenters. The first-order chi connectivity index (χ1) is 22.4. The number of sulfonamides is 2. The molecule has 4 aromatic rings. The predicted molar refractivity (Wildman–Crippen MR) is 172 cm³/mol. The minimum atomic E-state index is -4.85. The van der Waals surface area contributed by atoms with E-state index in [0.29, 0.717) is 73.9 Å². The van der Waals surface area contributed by atoms with Crippen molar-refractivity contribution < 1.29 is 34.7 Å². The number of ether oxygens (including phenoxy) is 1. The van der Waals surface area contributed by atoms with Gasteiger partial charge in [0.1, 0.15) is 11.6 Å². The van der Waals surface area contributed by atoms with Crippen molar-refractivity contribution in [3.8, 4) is 21.8 Å². The Bertz CT molecular complexity index is 1980. The Morgan fingerprint density at radius 1 is 0.915 bits per heavy atom. The van der Waals surface area contributed by atoms with Gasteiger partial charge in [-0.15, -0.1) is 0 Å². The second-order valence-corrected chi connectivity index (χ2v) is 15.5. The number of piperidine rings is 1. The number of rotatable bonds is 9. The lowest BCUT2D eigenvalue weighted by Gasteiger charge is -2.30. The molecule has 2 aliphatic rings. The van der Waals surface area contributed by atoms with Gasteiger partial charge in [0.2, 0.25) is 16.0 Å². The number of nitrogens with one attached hydrogen (secondary N) is 2. The van der Waals surface area contributed by atoms with Crippen LogP contribution in [0.4, 0.5) is 29.9 Å². The summed E-state index contributed by atoms with van der Waals surface area (Å²) in [6, 6.07) is 8.15. The largest absolute Gasteiger partial charge is 0.378 e. The van der Waals surface area contributed by atoms with Crippen molar-refractivity contribution in [2.45, 2.75) is 23.8 Å². The summed E-state index contributed by atoms with van der Waals surface area (Å²) in [6.45, 7) is 2.77. The van der Waals surface area contributed by atoms with Crippen LogP contribution in [0.2, 0.25) is 0 Å². The first-order valence-electron chi connectivity index (χ1n) is 14.5. The molecule has 250 valence electrons. The zero-order valence-electron chi connectivity index (χ0n) is 25.0. The van der Waals surface area contributed by atoms with Crippen LogP contribution in [-0.2, 0) is 24.8 Å². The van der Waals surface area contributed by atoms with E-state index in [1.165, 1.54) is 40.2 Å². The van der Waals surface area contributed by atoms with Crippen molar-refractivity contribution in [1.82, 2.24) is 19.3 Å². The van der Waals surface area contributed by atoms with Crippen LogP contribution in [0, 0.1) is 17.5 Å². The van der Waals surface area contributed by atoms with E-state index in [4.69, 9.17) is 9.72 Å². The third-order valence-corrected chi connectivity index (χ3v) is 11.6. The lowest BCUT2D eigenvalue weighted by Crippen LogP contribution is -2.42. The van der Waals surface area contributed by atoms with E-state index in [1.807, 2.05) is 9.62 Å². The lowest BCUT2D eigenvalue weighted by atomic mass is 10.1. The van der Waals surface area contributed by atoms with Gasteiger partial charge >= 0.3 is 0 Å². The molecule has 2 aromatic heterocycles. The summed E-state index contributed by atoms with van der Waals surface area (Å²) in [7, 11) is -8.13. The highest BCUT2D eigenvalue weighted by molar-refractivity contribution is 7.92. The second-order valence-electron chi connectivity index (χ2n) is 10.9. The predicted octanol–water partition coefficient (Wildman–Crippen LogP) is 4.16. The van der Waals surface area contributed by atoms with Gasteiger partial charge in [-0.25, -0.2) is 49.3 Å². The molecule has 18 heteroatoms. The van der Waals surface area contributed by atoms with Crippen LogP contribution in [0.25, 0.3) is 21.8 Å². The third kappa shape index (κ3) is 7.20. The Kier molecular flexibility index (Phi) is 9.39. The fourth-order valence-corrected chi connectivity index (χ4v) is 8.53. The molecule has 2 N–H and O–H groups in total. The first kappa shape index (κ1) is 33.1. The van der Waals surface area contributed by atoms with Gasteiger partial charge in [-0.3, -0.25) is 4.72 Å². The molecule has 6 rings (SSSR count). The lowest BCUT2D eigenvalue weighted by molar-refractivity contribution is 0.122. The molecule has 0 amide bonds. The second kappa shape index (κ2) is 13.3. The number of thiazole rings is 1. The highest BCUT2D eigenvalue weighted by Crippen LogP contribution is 2.42. The van der Waals surface area contributed by atoms with Crippen LogP contribution < -0.4 is 14.9 Å². The van der Waals surface area contributed by atoms with Crippen molar-refractivity contribution in [2.24, 2.45) is 0 Å². The van der Waals surface area contributed by atoms with Crippen molar-refractivity contribution in [2.75, 3.05) is 60.6 Å². The minimum absolute atomic E-state index is 0.0637. The zero-order chi connectivity index (χ0) is 33.3. The Balaban J connectivity index is 1.34. The smallest absolute Gasteiger partial charge is 0.267 e. The van der Waals surface area contributed by atoms with Crippen molar-refractivity contribution in [1.29, 1.82) is 0 Å². The first-order valence-corrected chi connectivity index (χ1v) is 18.7. The standard InChI is InChI=1S/C29H30F3N7O5S3/c1-46(40,41)39-12-9-18(10-13-39)34-28-33-11-8-23(35-28)26-25(36-29(45-26)38-14-16-44-17-15-38)19-4-2-7-22(24(19)32)37-47(42,43)27-20(30)5-3-6-21(27)31/h2-8,11,18,37H,9-10,12-17H2,1H3,(H,33,34,35). The van der Waals surface area contributed by atoms with E-state index in [-0.39, 0.29) is 17.3 Å². The molecule has 0 unspecified atom stereocenters. The average molecular weight is 710 g/mol. The highest BCUT2D eigenvalue weighted by atomic mass is 32.2. The van der Waals surface area contributed by atoms with Gasteiger partial charge in [0.05, 0.1) is 41.4 Å². The van der Waals surface area contributed by atoms with Gasteiger partial charge in [0.15, 0.2) is 15.8 Å². The molecule has 0 spiro atoms. The molecular weight excluding hydrogens is 680 g/mol. The Morgan fingerprint density at radius 2 is 1.60 bits per heavy atom. The fraction of sp³-hybridized carbons (Fsp3) is 0.345. The Labute approximate surface area is 273 Å². The molecule has 0 saturated carbocycles. The summed E-state index contributed by atoms with van der Waals surface area (Å²) in [5.74, 6) is -3.35. The number of halogens is 3. The monoisotopic (exact) mass is 709 g/mol. The van der Waals surface area contributed by atoms with E-state index in [9.17, 15) is 25.6 Å². The van der Waals surface area contributed by atoms with Gasteiger partial charge in [0.25, 0.3) is 10.0 Å². The normalized spacial score (nSPS) is 16.7. The number of morpholine rings is 1. The van der Waals surface area contributed by atoms with Gasteiger partial charge in [-0.1, -0.05) is 23.5 Å². The number of benzene rings is 2. The SMILES string of the molecule is CS(=O)(=O)N1CCC(Nc2nccc(-c3sc(N4CCOCC4)nc3-c3cccc(NS(=O)(=O)c4c(F)cccc4F)c3F)n2)CC1. The van der Waals surface area contributed by atoms with E-state index in [1.54, 1.807) is 6.07 Å². The van der Waals surface area contributed by atoms with Crippen molar-refractivity contribution in [3.05, 3.63) is 66.1 Å². The van der Waals surface area contributed by atoms with Crippen LogP contribution >= 0.6 is 11.3 Å². The molecule has 0 bridgehead atoms. The third-order valence-electron chi connectivity index (χ3n) is 7.73. The molecule has 2 aromatic carbocycles. The van der Waals surface area contributed by atoms with Crippen molar-refractivity contribution in [3.63, 3.8) is 0 Å². The van der Waals surface area contributed by atoms with Gasteiger partial charge in [-0.05, 0) is 43.2 Å². The Hall–Kier alpha value is -3.84. The van der Waals surface area contributed by atoms with Crippen LogP contribution in [-0.4, -0.2) is 87.8 Å². The van der Waals surface area contributed by atoms with Crippen LogP contribution in [0.1, 0.15) is 12.8 Å². The molecule has 12 nitrogen and oxygen atoms in total. The van der Waals surface area contributed by atoms with Gasteiger partial charge in [0, 0.05) is 44.0 Å². The van der Waals surface area contributed by atoms with Crippen LogP contribution in [0.3, 0.4) is 0 Å². The number of anilines is 3. The summed E-state index contributed by atoms with van der Waals surface area (Å²) >= 11 is 1.26. The molecule has 4 heterocycles. The number of hydrogen-bond donors (Lipinski definition) is 2. The van der Waals surface area contributed by atoms with E-state index >= 15 is 4.39 Å². The van der Waals surface area contributed by atoms with E-state index in [0.717, 1.165) is 24.3 Å². The summed E-state index contributed by atoms with van der Waals surface area (Å²) in [6.07, 6.45) is 3.83. The van der Waals surface area contributed by atoms with E-state index in [2.05, 4.69) is 15.3 Å². The summed E-state index contributed by atoms with van der Waals surface area (Å²) < 4.78 is 103. The molecule has 0 aliphatic carbocycles. The maximum absolute atomic E-state index is 16.2. The van der Waals surface area contributed by atoms with Crippen molar-refractivity contribution >= 4 is 48.2 Å². The topological polar surface area (TPSA) is 147 Å². The summed E-state index contributed by atoms with van der Waals surface area (Å²) in [4.78, 5) is 15.0. The molecule has 0 radical (unpaired) electrons. The maximum Gasteiger partial charge on any atom is 0.267 e. The quantitative estimate of drug-likeness (QED) is 0.260. The number of hydrogen-bond acceptors (Lipinski definition) is 11. The highest BCUT2D eigenvalue weighted by Gasteiger charge is 2.29. The summed E-state index contributed by atoms with van der Waals surface area (Å²) in [5.41, 5.74) is 0.00820.